The lowest BCUT2D eigenvalue weighted by Crippen LogP contribution is -2.38. The Bertz CT molecular complexity index is 634. The second-order valence-corrected chi connectivity index (χ2v) is 7.10. The van der Waals surface area contributed by atoms with Crippen LogP contribution in [0, 0.1) is 0 Å². The molecule has 0 spiro atoms. The highest BCUT2D eigenvalue weighted by molar-refractivity contribution is 7.48. The molecule has 0 radical (unpaired) electrons. The van der Waals surface area contributed by atoms with E-state index < -0.39 is 38.7 Å². The number of alkyl halides is 3. The highest BCUT2D eigenvalue weighted by Crippen LogP contribution is 2.53. The number of nitrogens with one attached hydrogen (secondary N) is 1. The molecular formula is C17H25F3NO6P. The van der Waals surface area contributed by atoms with Gasteiger partial charge in [-0.3, -0.25) is 13.6 Å². The lowest BCUT2D eigenvalue weighted by molar-refractivity contribution is -0.203. The summed E-state index contributed by atoms with van der Waals surface area (Å²) in [5.41, 5.74) is 0.399. The van der Waals surface area contributed by atoms with Gasteiger partial charge in [-0.1, -0.05) is 30.3 Å². The van der Waals surface area contributed by atoms with Crippen molar-refractivity contribution in [3.8, 4) is 0 Å². The first kappa shape index (κ1) is 24.4. The number of carbonyl (C=O) groups is 1. The summed E-state index contributed by atoms with van der Waals surface area (Å²) in [6, 6.07) is 6.90. The number of halogens is 3. The second-order valence-electron chi connectivity index (χ2n) is 5.48. The number of phosphoric acid groups is 1. The van der Waals surface area contributed by atoms with Gasteiger partial charge in [-0.2, -0.15) is 13.2 Å². The molecule has 160 valence electrons. The number of phosphoric ester groups is 1. The van der Waals surface area contributed by atoms with Gasteiger partial charge >= 0.3 is 20.1 Å². The Morgan fingerprint density at radius 1 is 1.07 bits per heavy atom. The SMILES string of the molecule is CCOC(=O)NC(CC(OP(=O)(OCC)OCC)C(F)(F)F)c1ccccc1. The maximum atomic E-state index is 13.6. The third-order valence-electron chi connectivity index (χ3n) is 3.42. The summed E-state index contributed by atoms with van der Waals surface area (Å²) in [6.07, 6.45) is -9.03. The van der Waals surface area contributed by atoms with Crippen LogP contribution in [0.2, 0.25) is 0 Å². The second kappa shape index (κ2) is 11.4. The maximum absolute atomic E-state index is 13.6. The number of benzene rings is 1. The van der Waals surface area contributed by atoms with E-state index in [4.69, 9.17) is 18.3 Å². The Hall–Kier alpha value is -1.61. The zero-order valence-corrected chi connectivity index (χ0v) is 16.8. The van der Waals surface area contributed by atoms with Crippen LogP contribution < -0.4 is 5.32 Å². The predicted octanol–water partition coefficient (Wildman–Crippen LogP) is 4.99. The van der Waals surface area contributed by atoms with Gasteiger partial charge in [0.2, 0.25) is 0 Å². The first-order valence-electron chi connectivity index (χ1n) is 8.77. The fraction of sp³-hybridized carbons (Fsp3) is 0.588. The predicted molar refractivity (Wildman–Crippen MR) is 95.7 cm³/mol. The quantitative estimate of drug-likeness (QED) is 0.501. The van der Waals surface area contributed by atoms with E-state index in [2.05, 4.69) is 5.32 Å². The zero-order valence-electron chi connectivity index (χ0n) is 15.9. The fourth-order valence-corrected chi connectivity index (χ4v) is 3.65. The average molecular weight is 427 g/mol. The van der Waals surface area contributed by atoms with E-state index in [0.717, 1.165) is 0 Å². The van der Waals surface area contributed by atoms with Crippen LogP contribution in [-0.2, 0) is 22.9 Å². The van der Waals surface area contributed by atoms with Gasteiger partial charge in [0.1, 0.15) is 0 Å². The Morgan fingerprint density at radius 2 is 1.64 bits per heavy atom. The monoisotopic (exact) mass is 427 g/mol. The van der Waals surface area contributed by atoms with E-state index in [0.29, 0.717) is 5.56 Å². The van der Waals surface area contributed by atoms with E-state index in [-0.39, 0.29) is 19.8 Å². The summed E-state index contributed by atoms with van der Waals surface area (Å²) in [6.45, 7) is 4.20. The molecule has 0 aliphatic heterocycles. The largest absolute Gasteiger partial charge is 0.475 e. The number of amides is 1. The number of alkyl carbamates (subject to hydrolysis) is 1. The molecule has 1 amide bonds. The van der Waals surface area contributed by atoms with Gasteiger partial charge in [0.25, 0.3) is 0 Å². The van der Waals surface area contributed by atoms with Gasteiger partial charge in [-0.25, -0.2) is 9.36 Å². The summed E-state index contributed by atoms with van der Waals surface area (Å²) >= 11 is 0. The number of hydrogen-bond acceptors (Lipinski definition) is 6. The summed E-state index contributed by atoms with van der Waals surface area (Å²) in [4.78, 5) is 11.8. The molecule has 1 aromatic rings. The molecule has 2 atom stereocenters. The molecule has 0 aliphatic carbocycles. The summed E-state index contributed by atoms with van der Waals surface area (Å²) in [5, 5.41) is 2.37. The zero-order chi connectivity index (χ0) is 21.2. The highest BCUT2D eigenvalue weighted by atomic mass is 31.2. The standard InChI is InChI=1S/C17H25F3NO6P/c1-4-24-16(22)21-14(13-10-8-7-9-11-13)12-15(17(18,19)20)27-28(23,25-5-2)26-6-3/h7-11,14-15H,4-6,12H2,1-3H3,(H,21,22). The molecule has 0 saturated carbocycles. The minimum Gasteiger partial charge on any atom is -0.450 e. The lowest BCUT2D eigenvalue weighted by Gasteiger charge is -2.28. The average Bonchev–Trinajstić information content (AvgIpc) is 2.61. The summed E-state index contributed by atoms with van der Waals surface area (Å²) in [5.74, 6) is 0. The van der Waals surface area contributed by atoms with Gasteiger partial charge < -0.3 is 10.1 Å². The van der Waals surface area contributed by atoms with Gasteiger partial charge in [0, 0.05) is 6.42 Å². The van der Waals surface area contributed by atoms with Crippen LogP contribution in [0.5, 0.6) is 0 Å². The molecule has 11 heteroatoms. The van der Waals surface area contributed by atoms with Crippen LogP contribution in [0.15, 0.2) is 30.3 Å². The number of ether oxygens (including phenoxy) is 1. The van der Waals surface area contributed by atoms with Crippen molar-refractivity contribution in [2.45, 2.75) is 45.5 Å². The van der Waals surface area contributed by atoms with Crippen molar-refractivity contribution in [2.24, 2.45) is 0 Å². The fourth-order valence-electron chi connectivity index (χ4n) is 2.30. The molecule has 1 N–H and O–H groups in total. The molecule has 28 heavy (non-hydrogen) atoms. The van der Waals surface area contributed by atoms with Crippen LogP contribution in [0.4, 0.5) is 18.0 Å². The lowest BCUT2D eigenvalue weighted by atomic mass is 10.0. The van der Waals surface area contributed by atoms with Crippen molar-refractivity contribution < 1.29 is 40.8 Å². The van der Waals surface area contributed by atoms with Gasteiger partial charge in [-0.05, 0) is 26.3 Å². The van der Waals surface area contributed by atoms with E-state index in [1.54, 1.807) is 37.3 Å². The third kappa shape index (κ3) is 8.18. The van der Waals surface area contributed by atoms with Gasteiger partial charge in [-0.15, -0.1) is 0 Å². The molecular weight excluding hydrogens is 402 g/mol. The molecule has 0 saturated heterocycles. The Morgan fingerprint density at radius 3 is 2.11 bits per heavy atom. The van der Waals surface area contributed by atoms with Crippen molar-refractivity contribution in [3.05, 3.63) is 35.9 Å². The highest BCUT2D eigenvalue weighted by Gasteiger charge is 2.47. The molecule has 1 rings (SSSR count). The Labute approximate surface area is 162 Å². The van der Waals surface area contributed by atoms with Crippen LogP contribution in [0.25, 0.3) is 0 Å². The third-order valence-corrected chi connectivity index (χ3v) is 5.08. The summed E-state index contributed by atoms with van der Waals surface area (Å²) in [7, 11) is -4.43. The molecule has 7 nitrogen and oxygen atoms in total. The van der Waals surface area contributed by atoms with Crippen molar-refractivity contribution in [1.82, 2.24) is 5.32 Å². The van der Waals surface area contributed by atoms with Crippen LogP contribution >= 0.6 is 7.82 Å². The van der Waals surface area contributed by atoms with Gasteiger partial charge in [0.15, 0.2) is 6.10 Å². The first-order chi connectivity index (χ1) is 13.1. The molecule has 0 aliphatic rings. The Balaban J connectivity index is 3.12. The van der Waals surface area contributed by atoms with E-state index in [1.165, 1.54) is 13.8 Å². The van der Waals surface area contributed by atoms with Crippen molar-refractivity contribution in [2.75, 3.05) is 19.8 Å². The molecule has 2 unspecified atom stereocenters. The van der Waals surface area contributed by atoms with Crippen LogP contribution in [-0.4, -0.2) is 38.2 Å². The molecule has 0 aromatic heterocycles. The minimum atomic E-state index is -4.88. The normalized spacial score (nSPS) is 14.4. The smallest absolute Gasteiger partial charge is 0.450 e. The Kier molecular flexibility index (Phi) is 9.95. The minimum absolute atomic E-state index is 0.0520. The molecule has 0 fully saturated rings. The van der Waals surface area contributed by atoms with E-state index in [1.807, 2.05) is 0 Å². The molecule has 1 aromatic carbocycles. The van der Waals surface area contributed by atoms with Crippen molar-refractivity contribution in [3.63, 3.8) is 0 Å². The van der Waals surface area contributed by atoms with Crippen molar-refractivity contribution >= 4 is 13.9 Å². The number of rotatable bonds is 11. The number of hydrogen-bond donors (Lipinski definition) is 1. The summed E-state index contributed by atoms with van der Waals surface area (Å²) < 4.78 is 72.3. The topological polar surface area (TPSA) is 83.1 Å². The van der Waals surface area contributed by atoms with Gasteiger partial charge in [0.05, 0.1) is 25.9 Å². The van der Waals surface area contributed by atoms with Crippen LogP contribution in [0.1, 0.15) is 38.8 Å². The van der Waals surface area contributed by atoms with Crippen LogP contribution in [0.3, 0.4) is 0 Å². The first-order valence-corrected chi connectivity index (χ1v) is 10.2. The number of carbonyl (C=O) groups excluding carboxylic acids is 1. The molecule has 0 heterocycles. The molecule has 0 bridgehead atoms. The van der Waals surface area contributed by atoms with E-state index >= 15 is 0 Å². The van der Waals surface area contributed by atoms with Crippen molar-refractivity contribution in [1.29, 1.82) is 0 Å². The van der Waals surface area contributed by atoms with E-state index in [9.17, 15) is 22.5 Å². The maximum Gasteiger partial charge on any atom is 0.475 e.